The number of ether oxygens (including phenoxy) is 2. The minimum atomic E-state index is -0.995. The molecule has 1 aromatic heterocycles. The second-order valence-corrected chi connectivity index (χ2v) is 7.48. The monoisotopic (exact) mass is 425 g/mol. The van der Waals surface area contributed by atoms with Crippen molar-refractivity contribution in [1.29, 1.82) is 0 Å². The van der Waals surface area contributed by atoms with Gasteiger partial charge in [0.1, 0.15) is 5.75 Å². The standard InChI is InChI=1S/C22H23N3O4S/c1-14-9-10-19(28-3)17(11-14)24-20(26)15(2)29-21(27)18-13-30-22(25-18)23-12-16-7-5-4-6-8-16/h4-11,13,15H,12H2,1-3H3,(H,23,25)(H,24,26). The van der Waals surface area contributed by atoms with E-state index in [0.29, 0.717) is 23.1 Å². The largest absolute Gasteiger partial charge is 0.495 e. The van der Waals surface area contributed by atoms with E-state index in [1.807, 2.05) is 43.3 Å². The van der Waals surface area contributed by atoms with E-state index in [9.17, 15) is 9.59 Å². The Morgan fingerprint density at radius 3 is 2.67 bits per heavy atom. The van der Waals surface area contributed by atoms with Gasteiger partial charge in [-0.2, -0.15) is 0 Å². The van der Waals surface area contributed by atoms with Gasteiger partial charge in [-0.15, -0.1) is 11.3 Å². The zero-order valence-corrected chi connectivity index (χ0v) is 17.8. The molecular formula is C22H23N3O4S. The molecule has 0 saturated carbocycles. The van der Waals surface area contributed by atoms with Crippen LogP contribution in [0.3, 0.4) is 0 Å². The molecule has 0 bridgehead atoms. The highest BCUT2D eigenvalue weighted by molar-refractivity contribution is 7.13. The van der Waals surface area contributed by atoms with Crippen LogP contribution >= 0.6 is 11.3 Å². The Morgan fingerprint density at radius 1 is 1.17 bits per heavy atom. The van der Waals surface area contributed by atoms with Gasteiger partial charge in [-0.25, -0.2) is 9.78 Å². The molecular weight excluding hydrogens is 402 g/mol. The molecule has 0 saturated heterocycles. The molecule has 156 valence electrons. The summed E-state index contributed by atoms with van der Waals surface area (Å²) in [5.41, 5.74) is 2.75. The molecule has 2 aromatic carbocycles. The number of amides is 1. The predicted octanol–water partition coefficient (Wildman–Crippen LogP) is 4.26. The molecule has 1 unspecified atom stereocenters. The number of thiazole rings is 1. The van der Waals surface area contributed by atoms with Crippen molar-refractivity contribution in [2.45, 2.75) is 26.5 Å². The third kappa shape index (κ3) is 5.57. The topological polar surface area (TPSA) is 89.5 Å². The molecule has 1 atom stereocenters. The van der Waals surface area contributed by atoms with Crippen molar-refractivity contribution in [3.8, 4) is 5.75 Å². The maximum absolute atomic E-state index is 12.4. The van der Waals surface area contributed by atoms with Gasteiger partial charge in [0.05, 0.1) is 12.8 Å². The summed E-state index contributed by atoms with van der Waals surface area (Å²) in [5.74, 6) is -0.580. The third-order valence-electron chi connectivity index (χ3n) is 4.27. The Balaban J connectivity index is 1.56. The number of nitrogens with zero attached hydrogens (tertiary/aromatic N) is 1. The normalized spacial score (nSPS) is 11.4. The maximum Gasteiger partial charge on any atom is 0.358 e. The first-order valence-corrected chi connectivity index (χ1v) is 10.2. The predicted molar refractivity (Wildman–Crippen MR) is 117 cm³/mol. The number of benzene rings is 2. The van der Waals surface area contributed by atoms with Crippen molar-refractivity contribution in [3.05, 3.63) is 70.7 Å². The number of carbonyl (C=O) groups is 2. The van der Waals surface area contributed by atoms with Gasteiger partial charge < -0.3 is 20.1 Å². The van der Waals surface area contributed by atoms with Gasteiger partial charge >= 0.3 is 5.97 Å². The number of carbonyl (C=O) groups excluding carboxylic acids is 2. The van der Waals surface area contributed by atoms with E-state index in [1.54, 1.807) is 17.5 Å². The molecule has 0 spiro atoms. The number of nitrogens with one attached hydrogen (secondary N) is 2. The highest BCUT2D eigenvalue weighted by Crippen LogP contribution is 2.25. The van der Waals surface area contributed by atoms with Gasteiger partial charge in [-0.1, -0.05) is 36.4 Å². The molecule has 1 amide bonds. The molecule has 7 nitrogen and oxygen atoms in total. The molecule has 8 heteroatoms. The van der Waals surface area contributed by atoms with Crippen LogP contribution in [0.4, 0.5) is 10.8 Å². The van der Waals surface area contributed by atoms with Crippen LogP contribution in [0, 0.1) is 6.92 Å². The van der Waals surface area contributed by atoms with Crippen LogP contribution in [0.2, 0.25) is 0 Å². The Bertz CT molecular complexity index is 1020. The fourth-order valence-corrected chi connectivity index (χ4v) is 3.33. The Kier molecular flexibility index (Phi) is 7.03. The number of esters is 1. The minimum Gasteiger partial charge on any atom is -0.495 e. The highest BCUT2D eigenvalue weighted by atomic mass is 32.1. The van der Waals surface area contributed by atoms with E-state index in [2.05, 4.69) is 15.6 Å². The SMILES string of the molecule is COc1ccc(C)cc1NC(=O)C(C)OC(=O)c1csc(NCc2ccccc2)n1. The van der Waals surface area contributed by atoms with Gasteiger partial charge in [-0.05, 0) is 37.1 Å². The van der Waals surface area contributed by atoms with Crippen molar-refractivity contribution >= 4 is 34.0 Å². The molecule has 3 rings (SSSR count). The summed E-state index contributed by atoms with van der Waals surface area (Å²) >= 11 is 1.30. The van der Waals surface area contributed by atoms with Crippen LogP contribution in [0.1, 0.15) is 28.5 Å². The molecule has 0 aliphatic heterocycles. The first-order chi connectivity index (χ1) is 14.5. The summed E-state index contributed by atoms with van der Waals surface area (Å²) in [7, 11) is 1.52. The van der Waals surface area contributed by atoms with Gasteiger partial charge in [0.15, 0.2) is 16.9 Å². The highest BCUT2D eigenvalue weighted by Gasteiger charge is 2.22. The van der Waals surface area contributed by atoms with Gasteiger partial charge in [-0.3, -0.25) is 4.79 Å². The number of rotatable bonds is 8. The number of methoxy groups -OCH3 is 1. The molecule has 0 aliphatic carbocycles. The Labute approximate surface area is 179 Å². The number of hydrogen-bond acceptors (Lipinski definition) is 7. The van der Waals surface area contributed by atoms with Crippen LogP contribution in [0.5, 0.6) is 5.75 Å². The van der Waals surface area contributed by atoms with E-state index in [-0.39, 0.29) is 5.69 Å². The van der Waals surface area contributed by atoms with Crippen molar-refractivity contribution in [1.82, 2.24) is 4.98 Å². The number of aromatic nitrogens is 1. The van der Waals surface area contributed by atoms with E-state index in [1.165, 1.54) is 25.4 Å². The first kappa shape index (κ1) is 21.3. The van der Waals surface area contributed by atoms with Gasteiger partial charge in [0, 0.05) is 11.9 Å². The van der Waals surface area contributed by atoms with Crippen LogP contribution < -0.4 is 15.4 Å². The molecule has 1 heterocycles. The summed E-state index contributed by atoms with van der Waals surface area (Å²) in [6.07, 6.45) is -0.995. The fourth-order valence-electron chi connectivity index (χ4n) is 2.65. The Hall–Kier alpha value is -3.39. The summed E-state index contributed by atoms with van der Waals surface area (Å²) in [5, 5.41) is 8.11. The molecule has 0 radical (unpaired) electrons. The minimum absolute atomic E-state index is 0.156. The molecule has 0 fully saturated rings. The quantitative estimate of drug-likeness (QED) is 0.524. The van der Waals surface area contributed by atoms with Crippen molar-refractivity contribution < 1.29 is 19.1 Å². The molecule has 0 aliphatic rings. The van der Waals surface area contributed by atoms with Crippen LogP contribution in [-0.2, 0) is 16.1 Å². The van der Waals surface area contributed by atoms with Crippen molar-refractivity contribution in [2.24, 2.45) is 0 Å². The van der Waals surface area contributed by atoms with E-state index in [4.69, 9.17) is 9.47 Å². The van der Waals surface area contributed by atoms with Gasteiger partial charge in [0.25, 0.3) is 5.91 Å². The summed E-state index contributed by atoms with van der Waals surface area (Å²) in [6.45, 7) is 4.01. The molecule has 2 N–H and O–H groups in total. The third-order valence-corrected chi connectivity index (χ3v) is 5.07. The lowest BCUT2D eigenvalue weighted by molar-refractivity contribution is -0.123. The first-order valence-electron chi connectivity index (χ1n) is 9.36. The Morgan fingerprint density at radius 2 is 1.93 bits per heavy atom. The zero-order valence-electron chi connectivity index (χ0n) is 17.0. The number of anilines is 2. The number of aryl methyl sites for hydroxylation is 1. The fraction of sp³-hybridized carbons (Fsp3) is 0.227. The van der Waals surface area contributed by atoms with Crippen LogP contribution in [0.15, 0.2) is 53.9 Å². The van der Waals surface area contributed by atoms with Crippen molar-refractivity contribution in [3.63, 3.8) is 0 Å². The van der Waals surface area contributed by atoms with E-state index >= 15 is 0 Å². The average Bonchev–Trinajstić information content (AvgIpc) is 3.22. The van der Waals surface area contributed by atoms with E-state index in [0.717, 1.165) is 11.1 Å². The van der Waals surface area contributed by atoms with Crippen molar-refractivity contribution in [2.75, 3.05) is 17.7 Å². The lowest BCUT2D eigenvalue weighted by Gasteiger charge is -2.15. The lowest BCUT2D eigenvalue weighted by atomic mass is 10.2. The van der Waals surface area contributed by atoms with E-state index < -0.39 is 18.0 Å². The second kappa shape index (κ2) is 9.89. The summed E-state index contributed by atoms with van der Waals surface area (Å²) in [4.78, 5) is 29.1. The number of hydrogen-bond donors (Lipinski definition) is 2. The average molecular weight is 426 g/mol. The zero-order chi connectivity index (χ0) is 21.5. The molecule has 3 aromatic rings. The lowest BCUT2D eigenvalue weighted by Crippen LogP contribution is -2.30. The maximum atomic E-state index is 12.4. The summed E-state index contributed by atoms with van der Waals surface area (Å²) < 4.78 is 10.5. The smallest absolute Gasteiger partial charge is 0.358 e. The van der Waals surface area contributed by atoms with Crippen LogP contribution in [0.25, 0.3) is 0 Å². The van der Waals surface area contributed by atoms with Gasteiger partial charge in [0.2, 0.25) is 0 Å². The summed E-state index contributed by atoms with van der Waals surface area (Å²) in [6, 6.07) is 15.3. The van der Waals surface area contributed by atoms with Crippen LogP contribution in [-0.4, -0.2) is 30.1 Å². The molecule has 30 heavy (non-hydrogen) atoms. The second-order valence-electron chi connectivity index (χ2n) is 6.62.